The second-order valence-corrected chi connectivity index (χ2v) is 11.0. The number of rotatable bonds is 15. The lowest BCUT2D eigenvalue weighted by molar-refractivity contribution is -0.143. The van der Waals surface area contributed by atoms with Gasteiger partial charge in [0, 0.05) is 18.2 Å². The second kappa shape index (κ2) is 13.8. The zero-order chi connectivity index (χ0) is 26.8. The van der Waals surface area contributed by atoms with Crippen LogP contribution in [0.2, 0.25) is 0 Å². The fourth-order valence-corrected chi connectivity index (χ4v) is 4.94. The van der Waals surface area contributed by atoms with Gasteiger partial charge >= 0.3 is 11.6 Å². The highest BCUT2D eigenvalue weighted by molar-refractivity contribution is 8.16. The van der Waals surface area contributed by atoms with Crippen molar-refractivity contribution < 1.29 is 23.6 Å². The Balaban J connectivity index is 1.63. The predicted octanol–water partition coefficient (Wildman–Crippen LogP) is 5.18. The number of hydrogen-bond acceptors (Lipinski definition) is 9. The Kier molecular flexibility index (Phi) is 10.8. The minimum absolute atomic E-state index is 0.277. The van der Waals surface area contributed by atoms with Crippen LogP contribution in [0.1, 0.15) is 97.3 Å². The molecule has 0 unspecified atom stereocenters. The van der Waals surface area contributed by atoms with Crippen LogP contribution in [0.5, 0.6) is 5.75 Å². The first-order valence-corrected chi connectivity index (χ1v) is 14.3. The number of carbonyl (C=O) groups is 2. The maximum Gasteiger partial charge on any atom is 0.339 e. The largest absolute Gasteiger partial charge is 0.493 e. The van der Waals surface area contributed by atoms with E-state index in [1.807, 2.05) is 6.92 Å². The summed E-state index contributed by atoms with van der Waals surface area (Å²) in [6.07, 6.45) is 7.96. The Labute approximate surface area is 222 Å². The number of aliphatic imine (C=N–C) groups is 1. The molecule has 0 aromatic carbocycles. The molecule has 1 fully saturated rings. The van der Waals surface area contributed by atoms with Gasteiger partial charge in [-0.1, -0.05) is 44.7 Å². The number of nitrogens with one attached hydrogen (secondary N) is 1. The van der Waals surface area contributed by atoms with Crippen molar-refractivity contribution in [1.29, 1.82) is 0 Å². The van der Waals surface area contributed by atoms with Crippen LogP contribution in [0.3, 0.4) is 0 Å². The zero-order valence-electron chi connectivity index (χ0n) is 22.3. The highest BCUT2D eigenvalue weighted by Gasteiger charge is 2.40. The maximum atomic E-state index is 13.3. The van der Waals surface area contributed by atoms with Gasteiger partial charge in [0.15, 0.2) is 0 Å². The van der Waals surface area contributed by atoms with Crippen molar-refractivity contribution in [2.24, 2.45) is 16.1 Å². The van der Waals surface area contributed by atoms with Crippen molar-refractivity contribution in [3.63, 3.8) is 0 Å². The average Bonchev–Trinajstić information content (AvgIpc) is 3.62. The average molecular weight is 534 g/mol. The molecule has 1 aliphatic heterocycles. The van der Waals surface area contributed by atoms with Gasteiger partial charge in [0.05, 0.1) is 18.7 Å². The summed E-state index contributed by atoms with van der Waals surface area (Å²) in [5.74, 6) is 1.15. The Morgan fingerprint density at radius 3 is 2.73 bits per heavy atom. The van der Waals surface area contributed by atoms with Gasteiger partial charge in [-0.15, -0.1) is 11.8 Å². The molecule has 204 valence electrons. The van der Waals surface area contributed by atoms with E-state index in [4.69, 9.17) is 14.0 Å². The number of oxime groups is 1. The van der Waals surface area contributed by atoms with Crippen molar-refractivity contribution in [3.05, 3.63) is 28.3 Å². The van der Waals surface area contributed by atoms with E-state index in [-0.39, 0.29) is 11.9 Å². The van der Waals surface area contributed by atoms with Gasteiger partial charge in [-0.2, -0.15) is 0 Å². The maximum absolute atomic E-state index is 13.3. The third-order valence-corrected chi connectivity index (χ3v) is 7.69. The molecule has 2 atom stereocenters. The fourth-order valence-electron chi connectivity index (χ4n) is 3.81. The monoisotopic (exact) mass is 533 g/mol. The van der Waals surface area contributed by atoms with Gasteiger partial charge in [-0.25, -0.2) is 9.59 Å². The molecular formula is C27H39N3O6S. The summed E-state index contributed by atoms with van der Waals surface area (Å²) in [4.78, 5) is 47.1. The van der Waals surface area contributed by atoms with Gasteiger partial charge < -0.3 is 19.3 Å². The van der Waals surface area contributed by atoms with Crippen LogP contribution in [0, 0.1) is 5.92 Å². The normalized spacial score (nSPS) is 20.3. The lowest BCUT2D eigenvalue weighted by Crippen LogP contribution is -2.45. The molecule has 2 aliphatic rings. The van der Waals surface area contributed by atoms with Gasteiger partial charge in [0.1, 0.15) is 27.8 Å². The van der Waals surface area contributed by atoms with Gasteiger partial charge in [-0.3, -0.25) is 9.79 Å². The van der Waals surface area contributed by atoms with E-state index >= 15 is 0 Å². The minimum Gasteiger partial charge on any atom is -0.493 e. The van der Waals surface area contributed by atoms with E-state index in [1.54, 1.807) is 19.9 Å². The van der Waals surface area contributed by atoms with Gasteiger partial charge in [0.2, 0.25) is 5.91 Å². The number of carbonyl (C=O) groups excluding carboxylic acids is 2. The summed E-state index contributed by atoms with van der Waals surface area (Å²) >= 11 is 1.39. The number of thioether (sulfide) groups is 1. The molecule has 1 aromatic rings. The van der Waals surface area contributed by atoms with Crippen LogP contribution < -0.4 is 15.7 Å². The van der Waals surface area contributed by atoms with Crippen LogP contribution in [0.4, 0.5) is 0 Å². The van der Waals surface area contributed by atoms with E-state index in [1.165, 1.54) is 17.8 Å². The Morgan fingerprint density at radius 1 is 1.24 bits per heavy atom. The molecule has 1 N–H and O–H groups in total. The molecule has 0 radical (unpaired) electrons. The molecule has 9 nitrogen and oxygen atoms in total. The fraction of sp³-hybridized carbons (Fsp3) is 0.667. The number of amides is 1. The van der Waals surface area contributed by atoms with Gasteiger partial charge in [-0.05, 0) is 45.4 Å². The van der Waals surface area contributed by atoms with Crippen molar-refractivity contribution in [2.75, 3.05) is 12.4 Å². The third-order valence-electron chi connectivity index (χ3n) is 6.33. The molecule has 10 heteroatoms. The summed E-state index contributed by atoms with van der Waals surface area (Å²) < 4.78 is 11.2. The second-order valence-electron chi connectivity index (χ2n) is 10.0. The number of hydrogen-bond donors (Lipinski definition) is 1. The Bertz CT molecular complexity index is 1060. The summed E-state index contributed by atoms with van der Waals surface area (Å²) in [6.45, 7) is 8.16. The van der Waals surface area contributed by atoms with E-state index in [2.05, 4.69) is 22.4 Å². The molecule has 0 saturated heterocycles. The van der Waals surface area contributed by atoms with Crippen LogP contribution in [-0.2, 0) is 14.4 Å². The third kappa shape index (κ3) is 9.02. The van der Waals surface area contributed by atoms with E-state index in [0.717, 1.165) is 44.9 Å². The van der Waals surface area contributed by atoms with Crippen LogP contribution >= 0.6 is 11.8 Å². The first-order chi connectivity index (χ1) is 17.7. The summed E-state index contributed by atoms with van der Waals surface area (Å²) in [5.41, 5.74) is -1.08. The minimum atomic E-state index is -1.03. The molecule has 3 rings (SSSR count). The first kappa shape index (κ1) is 28.9. The standard InChI is InChI=1S/C27H39N3O6S/c1-5-7-8-9-11-23(31)36-30-18(3)25-29-27(4,17-37-25)26(33)28-21(10-6-2)22-14-20(15-24(32)35-22)34-16-19-12-13-19/h14-15,19,21H,5-13,16-17H2,1-4H3,(H,28,33)/b30-18+/t21-,27+/m1/s1. The molecule has 37 heavy (non-hydrogen) atoms. The Hall–Kier alpha value is -2.62. The SMILES string of the molecule is CCCCCCC(=O)O/N=C(\C)C1=N[C@](C)(C(=O)N[C@H](CCC)c2cc(OCC3CC3)cc(=O)o2)CS1. The van der Waals surface area contributed by atoms with Gasteiger partial charge in [0.25, 0.3) is 0 Å². The van der Waals surface area contributed by atoms with Crippen LogP contribution in [0.15, 0.2) is 31.5 Å². The zero-order valence-corrected chi connectivity index (χ0v) is 23.2. The van der Waals surface area contributed by atoms with Crippen molar-refractivity contribution in [2.45, 2.75) is 97.1 Å². The van der Waals surface area contributed by atoms with Crippen LogP contribution in [0.25, 0.3) is 0 Å². The van der Waals surface area contributed by atoms with Crippen LogP contribution in [-0.4, -0.2) is 40.5 Å². The highest BCUT2D eigenvalue weighted by Crippen LogP contribution is 2.32. The quantitative estimate of drug-likeness (QED) is 0.143. The number of nitrogens with zero attached hydrogens (tertiary/aromatic N) is 2. The van der Waals surface area contributed by atoms with Crippen molar-refractivity contribution in [1.82, 2.24) is 5.32 Å². The summed E-state index contributed by atoms with van der Waals surface area (Å²) in [7, 11) is 0. The molecule has 2 heterocycles. The van der Waals surface area contributed by atoms with Crippen molar-refractivity contribution >= 4 is 34.4 Å². The van der Waals surface area contributed by atoms with E-state index in [0.29, 0.717) is 53.4 Å². The highest BCUT2D eigenvalue weighted by atomic mass is 32.2. The predicted molar refractivity (Wildman–Crippen MR) is 145 cm³/mol. The molecule has 1 amide bonds. The molecular weight excluding hydrogens is 494 g/mol. The molecule has 0 spiro atoms. The first-order valence-electron chi connectivity index (χ1n) is 13.3. The topological polar surface area (TPSA) is 120 Å². The molecule has 1 aliphatic carbocycles. The molecule has 1 saturated carbocycles. The molecule has 1 aromatic heterocycles. The lowest BCUT2D eigenvalue weighted by atomic mass is 10.0. The summed E-state index contributed by atoms with van der Waals surface area (Å²) in [6, 6.07) is 2.54. The van der Waals surface area contributed by atoms with Crippen molar-refractivity contribution in [3.8, 4) is 5.75 Å². The lowest BCUT2D eigenvalue weighted by Gasteiger charge is -2.24. The van der Waals surface area contributed by atoms with E-state index in [9.17, 15) is 14.4 Å². The molecule has 0 bridgehead atoms. The van der Waals surface area contributed by atoms with E-state index < -0.39 is 17.2 Å². The number of ether oxygens (including phenoxy) is 1. The summed E-state index contributed by atoms with van der Waals surface area (Å²) in [5, 5.41) is 7.52. The Morgan fingerprint density at radius 2 is 2.03 bits per heavy atom. The smallest absolute Gasteiger partial charge is 0.339 e. The number of unbranched alkanes of at least 4 members (excludes halogenated alkanes) is 3.